The lowest BCUT2D eigenvalue weighted by Crippen LogP contribution is -2.29. The SMILES string of the molecule is O=C(Nc1ccccc1)c1csc(N2CCCCC2)n1. The van der Waals surface area contributed by atoms with Crippen LogP contribution in [-0.4, -0.2) is 24.0 Å². The molecule has 104 valence electrons. The second-order valence-electron chi connectivity index (χ2n) is 4.88. The van der Waals surface area contributed by atoms with Crippen LogP contribution < -0.4 is 10.2 Å². The molecule has 1 aromatic carbocycles. The molecule has 0 bridgehead atoms. The zero-order chi connectivity index (χ0) is 13.8. The van der Waals surface area contributed by atoms with Crippen molar-refractivity contribution in [2.75, 3.05) is 23.3 Å². The number of rotatable bonds is 3. The number of nitrogens with zero attached hydrogens (tertiary/aromatic N) is 2. The maximum atomic E-state index is 12.1. The van der Waals surface area contributed by atoms with Crippen molar-refractivity contribution in [3.8, 4) is 0 Å². The molecule has 4 nitrogen and oxygen atoms in total. The molecular formula is C15H17N3OS. The summed E-state index contributed by atoms with van der Waals surface area (Å²) < 4.78 is 0. The highest BCUT2D eigenvalue weighted by Crippen LogP contribution is 2.24. The number of piperidine rings is 1. The van der Waals surface area contributed by atoms with Crippen molar-refractivity contribution >= 4 is 28.1 Å². The average molecular weight is 287 g/mol. The topological polar surface area (TPSA) is 45.2 Å². The number of carbonyl (C=O) groups is 1. The number of aromatic nitrogens is 1. The van der Waals surface area contributed by atoms with E-state index in [0.717, 1.165) is 23.9 Å². The smallest absolute Gasteiger partial charge is 0.275 e. The van der Waals surface area contributed by atoms with Gasteiger partial charge < -0.3 is 10.2 Å². The molecular weight excluding hydrogens is 270 g/mol. The minimum atomic E-state index is -0.143. The van der Waals surface area contributed by atoms with E-state index in [2.05, 4.69) is 15.2 Å². The molecule has 1 saturated heterocycles. The Hall–Kier alpha value is -1.88. The fourth-order valence-electron chi connectivity index (χ4n) is 2.32. The van der Waals surface area contributed by atoms with Crippen molar-refractivity contribution in [1.29, 1.82) is 0 Å². The van der Waals surface area contributed by atoms with Crippen molar-refractivity contribution < 1.29 is 4.79 Å². The average Bonchev–Trinajstić information content (AvgIpc) is 2.99. The molecule has 1 amide bonds. The van der Waals surface area contributed by atoms with E-state index >= 15 is 0 Å². The minimum Gasteiger partial charge on any atom is -0.348 e. The van der Waals surface area contributed by atoms with E-state index in [1.807, 2.05) is 35.7 Å². The van der Waals surface area contributed by atoms with Crippen molar-refractivity contribution in [3.05, 3.63) is 41.4 Å². The number of nitrogens with one attached hydrogen (secondary N) is 1. The third-order valence-corrected chi connectivity index (χ3v) is 4.28. The van der Waals surface area contributed by atoms with E-state index in [-0.39, 0.29) is 5.91 Å². The molecule has 1 aromatic heterocycles. The van der Waals surface area contributed by atoms with E-state index in [9.17, 15) is 4.79 Å². The zero-order valence-corrected chi connectivity index (χ0v) is 12.0. The first-order valence-electron chi connectivity index (χ1n) is 6.90. The summed E-state index contributed by atoms with van der Waals surface area (Å²) in [4.78, 5) is 18.9. The maximum absolute atomic E-state index is 12.1. The van der Waals surface area contributed by atoms with Gasteiger partial charge in [0.1, 0.15) is 5.69 Å². The van der Waals surface area contributed by atoms with E-state index in [4.69, 9.17) is 0 Å². The minimum absolute atomic E-state index is 0.143. The number of benzene rings is 1. The van der Waals surface area contributed by atoms with Crippen LogP contribution in [0.4, 0.5) is 10.8 Å². The van der Waals surface area contributed by atoms with Gasteiger partial charge in [-0.2, -0.15) is 0 Å². The lowest BCUT2D eigenvalue weighted by molar-refractivity contribution is 0.102. The quantitative estimate of drug-likeness (QED) is 0.941. The summed E-state index contributed by atoms with van der Waals surface area (Å²) in [6, 6.07) is 9.46. The van der Waals surface area contributed by atoms with Crippen LogP contribution in [0.15, 0.2) is 35.7 Å². The van der Waals surface area contributed by atoms with Crippen LogP contribution in [0.5, 0.6) is 0 Å². The standard InChI is InChI=1S/C15H17N3OS/c19-14(16-12-7-3-1-4-8-12)13-11-20-15(17-13)18-9-5-2-6-10-18/h1,3-4,7-8,11H,2,5-6,9-10H2,(H,16,19). The lowest BCUT2D eigenvalue weighted by Gasteiger charge is -2.25. The maximum Gasteiger partial charge on any atom is 0.275 e. The normalized spacial score (nSPS) is 15.1. The molecule has 0 saturated carbocycles. The Bertz CT molecular complexity index is 576. The second-order valence-corrected chi connectivity index (χ2v) is 5.72. The Balaban J connectivity index is 1.68. The summed E-state index contributed by atoms with van der Waals surface area (Å²) in [5, 5.41) is 5.66. The van der Waals surface area contributed by atoms with Gasteiger partial charge in [0, 0.05) is 24.2 Å². The largest absolute Gasteiger partial charge is 0.348 e. The van der Waals surface area contributed by atoms with Crippen LogP contribution in [0.3, 0.4) is 0 Å². The first-order chi connectivity index (χ1) is 9.83. The molecule has 1 aliphatic rings. The molecule has 0 spiro atoms. The van der Waals surface area contributed by atoms with Crippen LogP contribution in [0.25, 0.3) is 0 Å². The van der Waals surface area contributed by atoms with Crippen LogP contribution in [0.1, 0.15) is 29.8 Å². The van der Waals surface area contributed by atoms with Crippen LogP contribution in [-0.2, 0) is 0 Å². The van der Waals surface area contributed by atoms with E-state index in [0.29, 0.717) is 5.69 Å². The molecule has 0 radical (unpaired) electrons. The summed E-state index contributed by atoms with van der Waals surface area (Å²) >= 11 is 1.55. The predicted octanol–water partition coefficient (Wildman–Crippen LogP) is 3.39. The van der Waals surface area contributed by atoms with Crippen molar-refractivity contribution in [1.82, 2.24) is 4.98 Å². The molecule has 1 N–H and O–H groups in total. The Morgan fingerprint density at radius 3 is 2.65 bits per heavy atom. The highest BCUT2D eigenvalue weighted by molar-refractivity contribution is 7.14. The number of amides is 1. The Morgan fingerprint density at radius 1 is 1.15 bits per heavy atom. The third-order valence-electron chi connectivity index (χ3n) is 3.38. The Labute approximate surface area is 122 Å². The first-order valence-corrected chi connectivity index (χ1v) is 7.78. The van der Waals surface area contributed by atoms with E-state index in [1.165, 1.54) is 19.3 Å². The first kappa shape index (κ1) is 13.1. The van der Waals surface area contributed by atoms with Gasteiger partial charge >= 0.3 is 0 Å². The van der Waals surface area contributed by atoms with Gasteiger partial charge in [-0.25, -0.2) is 4.98 Å². The molecule has 0 atom stereocenters. The van der Waals surface area contributed by atoms with Gasteiger partial charge in [0.15, 0.2) is 5.13 Å². The molecule has 1 fully saturated rings. The summed E-state index contributed by atoms with van der Waals surface area (Å²) in [5.41, 5.74) is 1.30. The number of hydrogen-bond acceptors (Lipinski definition) is 4. The fraction of sp³-hybridized carbons (Fsp3) is 0.333. The summed E-state index contributed by atoms with van der Waals surface area (Å²) in [6.45, 7) is 2.10. The highest BCUT2D eigenvalue weighted by Gasteiger charge is 2.17. The van der Waals surface area contributed by atoms with Crippen LogP contribution in [0.2, 0.25) is 0 Å². The lowest BCUT2D eigenvalue weighted by atomic mass is 10.1. The molecule has 5 heteroatoms. The van der Waals surface area contributed by atoms with Crippen molar-refractivity contribution in [2.45, 2.75) is 19.3 Å². The number of para-hydroxylation sites is 1. The van der Waals surface area contributed by atoms with Gasteiger partial charge in [0.05, 0.1) is 0 Å². The summed E-state index contributed by atoms with van der Waals surface area (Å²) in [7, 11) is 0. The van der Waals surface area contributed by atoms with Gasteiger partial charge in [-0.15, -0.1) is 11.3 Å². The summed E-state index contributed by atoms with van der Waals surface area (Å²) in [5.74, 6) is -0.143. The van der Waals surface area contributed by atoms with Gasteiger partial charge in [0.2, 0.25) is 0 Å². The number of anilines is 2. The fourth-order valence-corrected chi connectivity index (χ4v) is 3.18. The van der Waals surface area contributed by atoms with Gasteiger partial charge in [-0.1, -0.05) is 18.2 Å². The van der Waals surface area contributed by atoms with Crippen molar-refractivity contribution in [3.63, 3.8) is 0 Å². The van der Waals surface area contributed by atoms with E-state index in [1.54, 1.807) is 11.3 Å². The summed E-state index contributed by atoms with van der Waals surface area (Å²) in [6.07, 6.45) is 3.72. The number of thiazole rings is 1. The Morgan fingerprint density at radius 2 is 1.90 bits per heavy atom. The molecule has 2 heterocycles. The molecule has 0 aliphatic carbocycles. The van der Waals surface area contributed by atoms with Gasteiger partial charge in [-0.3, -0.25) is 4.79 Å². The number of hydrogen-bond donors (Lipinski definition) is 1. The molecule has 20 heavy (non-hydrogen) atoms. The molecule has 0 unspecified atom stereocenters. The van der Waals surface area contributed by atoms with Crippen LogP contribution in [0, 0.1) is 0 Å². The highest BCUT2D eigenvalue weighted by atomic mass is 32.1. The molecule has 3 rings (SSSR count). The van der Waals surface area contributed by atoms with Crippen LogP contribution >= 0.6 is 11.3 Å². The second kappa shape index (κ2) is 6.05. The molecule has 2 aromatic rings. The molecule has 1 aliphatic heterocycles. The van der Waals surface area contributed by atoms with E-state index < -0.39 is 0 Å². The Kier molecular flexibility index (Phi) is 3.97. The predicted molar refractivity (Wildman–Crippen MR) is 82.6 cm³/mol. The third kappa shape index (κ3) is 2.99. The van der Waals surface area contributed by atoms with Gasteiger partial charge in [0.25, 0.3) is 5.91 Å². The number of carbonyl (C=O) groups excluding carboxylic acids is 1. The van der Waals surface area contributed by atoms with Crippen molar-refractivity contribution in [2.24, 2.45) is 0 Å². The van der Waals surface area contributed by atoms with Gasteiger partial charge in [-0.05, 0) is 31.4 Å². The monoisotopic (exact) mass is 287 g/mol. The zero-order valence-electron chi connectivity index (χ0n) is 11.2.